The first-order chi connectivity index (χ1) is 9.20. The maximum absolute atomic E-state index is 4.51. The highest BCUT2D eigenvalue weighted by molar-refractivity contribution is 7.99. The Morgan fingerprint density at radius 1 is 1.32 bits per heavy atom. The van der Waals surface area contributed by atoms with Gasteiger partial charge in [0, 0.05) is 23.9 Å². The van der Waals surface area contributed by atoms with Gasteiger partial charge in [-0.2, -0.15) is 5.10 Å². The Morgan fingerprint density at radius 2 is 2.11 bits per heavy atom. The first kappa shape index (κ1) is 14.2. The average molecular weight is 275 g/mol. The van der Waals surface area contributed by atoms with Gasteiger partial charge in [0.15, 0.2) is 0 Å². The molecule has 0 amide bonds. The predicted octanol–water partition coefficient (Wildman–Crippen LogP) is 3.17. The second-order valence-corrected chi connectivity index (χ2v) is 5.66. The molecule has 19 heavy (non-hydrogen) atoms. The van der Waals surface area contributed by atoms with E-state index in [4.69, 9.17) is 0 Å². The van der Waals surface area contributed by atoms with Crippen molar-refractivity contribution in [3.63, 3.8) is 0 Å². The molecule has 2 rings (SSSR count). The number of nitrogens with one attached hydrogen (secondary N) is 1. The van der Waals surface area contributed by atoms with Crippen LogP contribution in [0.3, 0.4) is 0 Å². The van der Waals surface area contributed by atoms with Gasteiger partial charge >= 0.3 is 0 Å². The van der Waals surface area contributed by atoms with Gasteiger partial charge in [-0.05, 0) is 31.2 Å². The first-order valence-electron chi connectivity index (χ1n) is 6.62. The molecule has 1 heterocycles. The zero-order chi connectivity index (χ0) is 13.7. The summed E-state index contributed by atoms with van der Waals surface area (Å²) in [5, 5.41) is 8.01. The molecular formula is C15H21N3S. The molecule has 1 aromatic carbocycles. The van der Waals surface area contributed by atoms with E-state index in [1.54, 1.807) is 0 Å². The molecule has 1 atom stereocenters. The van der Waals surface area contributed by atoms with Gasteiger partial charge in [0.25, 0.3) is 0 Å². The molecule has 3 nitrogen and oxygen atoms in total. The van der Waals surface area contributed by atoms with Gasteiger partial charge < -0.3 is 5.32 Å². The Morgan fingerprint density at radius 3 is 2.74 bits per heavy atom. The van der Waals surface area contributed by atoms with Crippen LogP contribution in [0.1, 0.15) is 24.2 Å². The van der Waals surface area contributed by atoms with Crippen molar-refractivity contribution in [2.24, 2.45) is 7.05 Å². The lowest BCUT2D eigenvalue weighted by atomic mass is 10.2. The molecule has 4 heteroatoms. The van der Waals surface area contributed by atoms with Crippen molar-refractivity contribution in [1.29, 1.82) is 0 Å². The molecule has 1 unspecified atom stereocenters. The highest BCUT2D eigenvalue weighted by atomic mass is 32.2. The van der Waals surface area contributed by atoms with Crippen LogP contribution in [0.15, 0.2) is 41.4 Å². The van der Waals surface area contributed by atoms with Crippen LogP contribution in [0.4, 0.5) is 0 Å². The van der Waals surface area contributed by atoms with Crippen LogP contribution in [0, 0.1) is 6.92 Å². The summed E-state index contributed by atoms with van der Waals surface area (Å²) in [5.74, 6) is 0.996. The topological polar surface area (TPSA) is 29.9 Å². The lowest BCUT2D eigenvalue weighted by molar-refractivity contribution is 0.578. The number of hydrogen-bond acceptors (Lipinski definition) is 3. The molecule has 2 aromatic rings. The maximum Gasteiger partial charge on any atom is 0.0802 e. The highest BCUT2D eigenvalue weighted by Gasteiger charge is 2.13. The number of aromatic nitrogens is 2. The molecule has 0 saturated heterocycles. The van der Waals surface area contributed by atoms with Crippen molar-refractivity contribution in [1.82, 2.24) is 15.1 Å². The lowest BCUT2D eigenvalue weighted by Gasteiger charge is -2.16. The second-order valence-electron chi connectivity index (χ2n) is 4.60. The monoisotopic (exact) mass is 275 g/mol. The van der Waals surface area contributed by atoms with Crippen LogP contribution < -0.4 is 5.32 Å². The minimum atomic E-state index is 0.302. The zero-order valence-corrected chi connectivity index (χ0v) is 12.6. The number of rotatable bonds is 6. The summed E-state index contributed by atoms with van der Waals surface area (Å²) in [4.78, 5) is 1.35. The normalized spacial score (nSPS) is 12.6. The van der Waals surface area contributed by atoms with Gasteiger partial charge in [-0.25, -0.2) is 0 Å². The van der Waals surface area contributed by atoms with E-state index in [1.165, 1.54) is 10.5 Å². The lowest BCUT2D eigenvalue weighted by Crippen LogP contribution is -2.23. The summed E-state index contributed by atoms with van der Waals surface area (Å²) in [6, 6.07) is 10.9. The summed E-state index contributed by atoms with van der Waals surface area (Å²) in [6.07, 6.45) is 2.00. The number of thioether (sulfide) groups is 1. The average Bonchev–Trinajstić information content (AvgIpc) is 2.83. The number of benzene rings is 1. The third-order valence-electron chi connectivity index (χ3n) is 3.04. The number of aryl methyl sites for hydroxylation is 2. The largest absolute Gasteiger partial charge is 0.308 e. The van der Waals surface area contributed by atoms with Crippen molar-refractivity contribution < 1.29 is 0 Å². The number of nitrogens with zero attached hydrogens (tertiary/aromatic N) is 2. The second kappa shape index (κ2) is 6.78. The van der Waals surface area contributed by atoms with E-state index in [-0.39, 0.29) is 0 Å². The smallest absolute Gasteiger partial charge is 0.0802 e. The van der Waals surface area contributed by atoms with Crippen molar-refractivity contribution in [2.75, 3.05) is 12.3 Å². The van der Waals surface area contributed by atoms with E-state index in [2.05, 4.69) is 54.6 Å². The van der Waals surface area contributed by atoms with Crippen LogP contribution in [0.2, 0.25) is 0 Å². The fraction of sp³-hybridized carbons (Fsp3) is 0.400. The molecule has 0 aliphatic carbocycles. The van der Waals surface area contributed by atoms with Gasteiger partial charge in [-0.1, -0.05) is 25.1 Å². The molecule has 0 spiro atoms. The fourth-order valence-corrected chi connectivity index (χ4v) is 3.11. The Balaban J connectivity index is 2.03. The highest BCUT2D eigenvalue weighted by Crippen LogP contribution is 2.26. The summed E-state index contributed by atoms with van der Waals surface area (Å²) in [5.41, 5.74) is 2.45. The van der Waals surface area contributed by atoms with Crippen molar-refractivity contribution >= 4 is 11.8 Å². The molecule has 0 bridgehead atoms. The van der Waals surface area contributed by atoms with Crippen LogP contribution in [0.5, 0.6) is 0 Å². The van der Waals surface area contributed by atoms with E-state index in [0.717, 1.165) is 18.0 Å². The SMILES string of the molecule is CCNC(CSc1ccccc1C)c1ccn(C)n1. The summed E-state index contributed by atoms with van der Waals surface area (Å²) in [6.45, 7) is 5.25. The Kier molecular flexibility index (Phi) is 5.05. The molecule has 0 fully saturated rings. The molecule has 1 aromatic heterocycles. The standard InChI is InChI=1S/C15H21N3S/c1-4-16-14(13-9-10-18(3)17-13)11-19-15-8-6-5-7-12(15)2/h5-10,14,16H,4,11H2,1-3H3. The minimum absolute atomic E-state index is 0.302. The molecule has 0 radical (unpaired) electrons. The van der Waals surface area contributed by atoms with Crippen LogP contribution in [-0.2, 0) is 7.05 Å². The maximum atomic E-state index is 4.51. The fourth-order valence-electron chi connectivity index (χ4n) is 2.01. The zero-order valence-electron chi connectivity index (χ0n) is 11.8. The van der Waals surface area contributed by atoms with E-state index >= 15 is 0 Å². The molecular weight excluding hydrogens is 254 g/mol. The third kappa shape index (κ3) is 3.85. The van der Waals surface area contributed by atoms with Gasteiger partial charge in [0.1, 0.15) is 0 Å². The summed E-state index contributed by atoms with van der Waals surface area (Å²) < 4.78 is 1.86. The summed E-state index contributed by atoms with van der Waals surface area (Å²) >= 11 is 1.89. The van der Waals surface area contributed by atoms with Gasteiger partial charge in [0.05, 0.1) is 11.7 Å². The van der Waals surface area contributed by atoms with Crippen molar-refractivity contribution in [2.45, 2.75) is 24.8 Å². The van der Waals surface area contributed by atoms with Crippen LogP contribution in [0.25, 0.3) is 0 Å². The predicted molar refractivity (Wildman–Crippen MR) is 81.5 cm³/mol. The minimum Gasteiger partial charge on any atom is -0.308 e. The van der Waals surface area contributed by atoms with Crippen LogP contribution in [-0.4, -0.2) is 22.1 Å². The Bertz CT molecular complexity index is 522. The summed E-state index contributed by atoms with van der Waals surface area (Å²) in [7, 11) is 1.96. The van der Waals surface area contributed by atoms with Gasteiger partial charge in [-0.3, -0.25) is 4.68 Å². The van der Waals surface area contributed by atoms with Gasteiger partial charge in [-0.15, -0.1) is 11.8 Å². The quantitative estimate of drug-likeness (QED) is 0.821. The van der Waals surface area contributed by atoms with E-state index in [1.807, 2.05) is 29.7 Å². The van der Waals surface area contributed by atoms with E-state index in [0.29, 0.717) is 6.04 Å². The first-order valence-corrected chi connectivity index (χ1v) is 7.60. The number of hydrogen-bond donors (Lipinski definition) is 1. The molecule has 0 aliphatic heterocycles. The van der Waals surface area contributed by atoms with Crippen molar-refractivity contribution in [3.8, 4) is 0 Å². The van der Waals surface area contributed by atoms with Crippen molar-refractivity contribution in [3.05, 3.63) is 47.8 Å². The molecule has 102 valence electrons. The Labute approximate surface area is 119 Å². The molecule has 0 saturated carbocycles. The van der Waals surface area contributed by atoms with E-state index < -0.39 is 0 Å². The van der Waals surface area contributed by atoms with E-state index in [9.17, 15) is 0 Å². The van der Waals surface area contributed by atoms with Crippen LogP contribution >= 0.6 is 11.8 Å². The van der Waals surface area contributed by atoms with Gasteiger partial charge in [0.2, 0.25) is 0 Å². The Hall–Kier alpha value is -1.26. The molecule has 1 N–H and O–H groups in total. The molecule has 0 aliphatic rings. The third-order valence-corrected chi connectivity index (χ3v) is 4.31.